The smallest absolute Gasteiger partial charge is 0.853 e. The molecule has 0 radical (unpaired) electrons. The summed E-state index contributed by atoms with van der Waals surface area (Å²) in [4.78, 5) is 2.14. The molecule has 5 nitrogen and oxygen atoms in total. The largest absolute Gasteiger partial charge is 1.00 e. The summed E-state index contributed by atoms with van der Waals surface area (Å²) >= 11 is 0.223. The van der Waals surface area contributed by atoms with E-state index in [-0.39, 0.29) is 55.2 Å². The maximum absolute atomic E-state index is 13.5. The molecule has 0 spiro atoms. The van der Waals surface area contributed by atoms with E-state index < -0.39 is 12.9 Å². The Labute approximate surface area is 133 Å². The summed E-state index contributed by atoms with van der Waals surface area (Å²) < 4.78 is 29.1. The van der Waals surface area contributed by atoms with Crippen molar-refractivity contribution in [2.75, 3.05) is 33.4 Å². The van der Waals surface area contributed by atoms with Gasteiger partial charge < -0.3 is 19.7 Å². The van der Waals surface area contributed by atoms with E-state index in [0.29, 0.717) is 18.0 Å². The molecule has 1 aliphatic rings. The van der Waals surface area contributed by atoms with Crippen LogP contribution in [0.2, 0.25) is 0 Å². The Balaban J connectivity index is 0.00000361. The van der Waals surface area contributed by atoms with Gasteiger partial charge in [0.15, 0.2) is 0 Å². The zero-order valence-electron chi connectivity index (χ0n) is 11.7. The molecular formula is C11H16BFLiNO4S. The average Bonchev–Trinajstić information content (AvgIpc) is 2.38. The van der Waals surface area contributed by atoms with Crippen LogP contribution in [0, 0.1) is 0 Å². The minimum absolute atomic E-state index is 0. The van der Waals surface area contributed by atoms with Gasteiger partial charge in [0.2, 0.25) is 7.12 Å². The molecule has 0 aliphatic heterocycles. The summed E-state index contributed by atoms with van der Waals surface area (Å²) in [5.41, 5.74) is -0.0531. The molecule has 0 aromatic carbocycles. The fourth-order valence-electron chi connectivity index (χ4n) is 1.55. The number of hydrogen-bond donors (Lipinski definition) is 1. The molecule has 0 aromatic rings. The molecule has 106 valence electrons. The van der Waals surface area contributed by atoms with Gasteiger partial charge in [0.25, 0.3) is 0 Å². The Morgan fingerprint density at radius 1 is 1.60 bits per heavy atom. The molecule has 0 heterocycles. The van der Waals surface area contributed by atoms with Crippen LogP contribution >= 0.6 is 0 Å². The van der Waals surface area contributed by atoms with Gasteiger partial charge in [-0.15, -0.1) is 0 Å². The van der Waals surface area contributed by atoms with Crippen LogP contribution in [0.1, 0.15) is 6.42 Å². The van der Waals surface area contributed by atoms with Crippen molar-refractivity contribution in [3.05, 3.63) is 23.5 Å². The maximum Gasteiger partial charge on any atom is 1.00 e. The van der Waals surface area contributed by atoms with Crippen molar-refractivity contribution in [1.82, 2.24) is 4.90 Å². The molecule has 0 aromatic heterocycles. The molecule has 0 saturated heterocycles. The Kier molecular flexibility index (Phi) is 10.4. The first-order chi connectivity index (χ1) is 9.08. The van der Waals surface area contributed by atoms with Gasteiger partial charge in [0, 0.05) is 26.1 Å². The molecule has 0 saturated carbocycles. The standard InChI is InChI=1S/C11H16BFNO4S.Li/c1-14(4-6-15)5-7-18-12(16)10-3-2-9(19-17)8-11(10)13;/h3,8,15H,2,4-7H2,1H3;/q-1;+1. The predicted molar refractivity (Wildman–Crippen MR) is 71.3 cm³/mol. The van der Waals surface area contributed by atoms with Gasteiger partial charge in [-0.3, -0.25) is 0 Å². The van der Waals surface area contributed by atoms with Crippen LogP contribution in [0.4, 0.5) is 4.39 Å². The van der Waals surface area contributed by atoms with Crippen molar-refractivity contribution in [2.45, 2.75) is 6.42 Å². The van der Waals surface area contributed by atoms with E-state index in [2.05, 4.69) is 0 Å². The van der Waals surface area contributed by atoms with Crippen LogP contribution in [-0.2, 0) is 15.9 Å². The van der Waals surface area contributed by atoms with Gasteiger partial charge in [-0.1, -0.05) is 6.08 Å². The van der Waals surface area contributed by atoms with E-state index in [0.717, 1.165) is 6.08 Å². The van der Waals surface area contributed by atoms with E-state index in [9.17, 15) is 13.6 Å². The Bertz CT molecular complexity index is 429. The van der Waals surface area contributed by atoms with Crippen molar-refractivity contribution in [3.63, 3.8) is 0 Å². The first-order valence-corrected chi connectivity index (χ1v) is 6.62. The molecule has 0 atom stereocenters. The van der Waals surface area contributed by atoms with Crippen molar-refractivity contribution >= 4 is 23.2 Å². The Hall–Kier alpha value is -0.198. The van der Waals surface area contributed by atoms with Crippen molar-refractivity contribution < 1.29 is 42.2 Å². The van der Waals surface area contributed by atoms with E-state index >= 15 is 0 Å². The van der Waals surface area contributed by atoms with Crippen LogP contribution in [0.3, 0.4) is 0 Å². The van der Waals surface area contributed by atoms with Crippen molar-refractivity contribution in [1.29, 1.82) is 0 Å². The maximum atomic E-state index is 13.5. The van der Waals surface area contributed by atoms with Gasteiger partial charge in [-0.2, -0.15) is 0 Å². The van der Waals surface area contributed by atoms with E-state index in [1.54, 1.807) is 11.9 Å². The summed E-state index contributed by atoms with van der Waals surface area (Å²) in [7, 11) is 0.198. The van der Waals surface area contributed by atoms with Crippen molar-refractivity contribution in [3.8, 4) is 0 Å². The Morgan fingerprint density at radius 2 is 2.30 bits per heavy atom. The van der Waals surface area contributed by atoms with Gasteiger partial charge in [0.05, 0.1) is 22.7 Å². The summed E-state index contributed by atoms with van der Waals surface area (Å²) in [6.07, 6.45) is 2.74. The second-order valence-corrected chi connectivity index (χ2v) is 4.83. The van der Waals surface area contributed by atoms with Crippen molar-refractivity contribution in [2.24, 2.45) is 0 Å². The van der Waals surface area contributed by atoms with E-state index in [1.165, 1.54) is 6.08 Å². The number of hydrogen-bond acceptors (Lipinski definition) is 5. The molecule has 1 aliphatic carbocycles. The quantitative estimate of drug-likeness (QED) is 0.382. The Morgan fingerprint density at radius 3 is 2.85 bits per heavy atom. The number of aliphatic hydroxyl groups excluding tert-OH is 1. The monoisotopic (exact) mass is 295 g/mol. The van der Waals surface area contributed by atoms with Gasteiger partial charge in [-0.05, 0) is 18.6 Å². The normalized spacial score (nSPS) is 14.6. The third kappa shape index (κ3) is 6.50. The number of allylic oxidation sites excluding steroid dienone is 4. The first-order valence-electron chi connectivity index (χ1n) is 5.88. The van der Waals surface area contributed by atoms with Crippen LogP contribution in [0.5, 0.6) is 0 Å². The van der Waals surface area contributed by atoms with Crippen LogP contribution in [-0.4, -0.2) is 59.5 Å². The molecule has 9 heteroatoms. The summed E-state index contributed by atoms with van der Waals surface area (Å²) in [6.45, 7) is 1.15. The molecule has 0 bridgehead atoms. The number of nitrogens with zero attached hydrogens (tertiary/aromatic N) is 1. The SMILES string of the molecule is CN(CCO)CCOB([O-])C1=CCC(=S=O)C=C1F.[Li+]. The van der Waals surface area contributed by atoms with Gasteiger partial charge in [-0.25, -0.2) is 8.60 Å². The summed E-state index contributed by atoms with van der Waals surface area (Å²) in [5.74, 6) is -0.701. The average molecular weight is 295 g/mol. The van der Waals surface area contributed by atoms with Crippen LogP contribution in [0.15, 0.2) is 23.5 Å². The number of halogens is 1. The minimum atomic E-state index is -1.59. The molecule has 0 fully saturated rings. The van der Waals surface area contributed by atoms with E-state index in [4.69, 9.17) is 9.76 Å². The van der Waals surface area contributed by atoms with E-state index in [1.807, 2.05) is 0 Å². The zero-order chi connectivity index (χ0) is 14.3. The van der Waals surface area contributed by atoms with Gasteiger partial charge in [0.1, 0.15) is 5.83 Å². The molecule has 0 amide bonds. The first kappa shape index (κ1) is 19.8. The topological polar surface area (TPSA) is 72.8 Å². The van der Waals surface area contributed by atoms with Gasteiger partial charge >= 0.3 is 18.9 Å². The predicted octanol–water partition coefficient (Wildman–Crippen LogP) is -4.11. The molecule has 20 heavy (non-hydrogen) atoms. The number of aliphatic hydroxyl groups is 1. The third-order valence-corrected chi connectivity index (χ3v) is 3.17. The molecule has 0 unspecified atom stereocenters. The zero-order valence-corrected chi connectivity index (χ0v) is 12.5. The summed E-state index contributed by atoms with van der Waals surface area (Å²) in [6, 6.07) is 0. The summed E-state index contributed by atoms with van der Waals surface area (Å²) in [5, 5.41) is 20.4. The molecule has 1 N–H and O–H groups in total. The second kappa shape index (κ2) is 10.5. The van der Waals surface area contributed by atoms with Crippen LogP contribution in [0.25, 0.3) is 0 Å². The fraction of sp³-hybridized carbons (Fsp3) is 0.545. The molecular weight excluding hydrogens is 279 g/mol. The van der Waals surface area contributed by atoms with Crippen LogP contribution < -0.4 is 23.9 Å². The third-order valence-electron chi connectivity index (χ3n) is 2.67. The number of rotatable bonds is 7. The second-order valence-electron chi connectivity index (χ2n) is 4.14. The number of likely N-dealkylation sites (N-methyl/N-ethyl adjacent to an activating group) is 1. The fourth-order valence-corrected chi connectivity index (χ4v) is 1.85. The minimum Gasteiger partial charge on any atom is -0.853 e. The molecule has 1 rings (SSSR count).